The molecular formula is C23H29N3O3. The zero-order valence-electron chi connectivity index (χ0n) is 17.4. The number of rotatable bonds is 6. The van der Waals surface area contributed by atoms with Crippen molar-refractivity contribution in [3.05, 3.63) is 54.4 Å². The molecule has 2 aromatic rings. The highest BCUT2D eigenvalue weighted by Gasteiger charge is 2.45. The topological polar surface area (TPSA) is 71.5 Å². The Balaban J connectivity index is 1.97. The van der Waals surface area contributed by atoms with E-state index in [1.54, 1.807) is 17.3 Å². The lowest BCUT2D eigenvalue weighted by Crippen LogP contribution is -2.62. The molecule has 1 N–H and O–H groups in total. The van der Waals surface area contributed by atoms with E-state index in [-0.39, 0.29) is 24.3 Å². The minimum absolute atomic E-state index is 0.0457. The minimum Gasteiger partial charge on any atom is -0.361 e. The summed E-state index contributed by atoms with van der Waals surface area (Å²) in [6, 6.07) is 11.9. The first-order valence-corrected chi connectivity index (χ1v) is 10.2. The molecule has 0 radical (unpaired) electrons. The molecule has 1 aliphatic heterocycles. The van der Waals surface area contributed by atoms with Crippen molar-refractivity contribution in [1.29, 1.82) is 0 Å². The van der Waals surface area contributed by atoms with Crippen LogP contribution in [-0.4, -0.2) is 53.5 Å². The van der Waals surface area contributed by atoms with Gasteiger partial charge in [-0.05, 0) is 35.7 Å². The Morgan fingerprint density at radius 1 is 1.21 bits per heavy atom. The van der Waals surface area contributed by atoms with Crippen LogP contribution in [0.3, 0.4) is 0 Å². The summed E-state index contributed by atoms with van der Waals surface area (Å²) >= 11 is 0. The van der Waals surface area contributed by atoms with E-state index >= 15 is 0 Å². The molecule has 6 nitrogen and oxygen atoms in total. The zero-order valence-corrected chi connectivity index (χ0v) is 17.4. The van der Waals surface area contributed by atoms with Crippen LogP contribution in [0.1, 0.15) is 26.3 Å². The fourth-order valence-electron chi connectivity index (χ4n) is 3.78. The molecule has 2 heterocycles. The summed E-state index contributed by atoms with van der Waals surface area (Å²) < 4.78 is 6.12. The van der Waals surface area contributed by atoms with Gasteiger partial charge in [-0.1, -0.05) is 38.1 Å². The van der Waals surface area contributed by atoms with E-state index in [2.05, 4.69) is 10.3 Å². The molecule has 2 amide bonds. The second kappa shape index (κ2) is 9.18. The highest BCUT2D eigenvalue weighted by molar-refractivity contribution is 5.88. The van der Waals surface area contributed by atoms with Gasteiger partial charge in [-0.3, -0.25) is 14.6 Å². The van der Waals surface area contributed by atoms with Crippen molar-refractivity contribution in [2.24, 2.45) is 5.92 Å². The van der Waals surface area contributed by atoms with Crippen LogP contribution in [0.2, 0.25) is 0 Å². The van der Waals surface area contributed by atoms with Gasteiger partial charge >= 0.3 is 0 Å². The number of ether oxygens (including phenoxy) is 1. The lowest BCUT2D eigenvalue weighted by atomic mass is 9.87. The number of carbonyl (C=O) groups is 2. The van der Waals surface area contributed by atoms with Crippen LogP contribution >= 0.6 is 0 Å². The zero-order chi connectivity index (χ0) is 20.9. The average Bonchev–Trinajstić information content (AvgIpc) is 2.74. The predicted octanol–water partition coefficient (Wildman–Crippen LogP) is 2.68. The Labute approximate surface area is 172 Å². The molecule has 0 saturated carbocycles. The normalized spacial score (nSPS) is 19.2. The van der Waals surface area contributed by atoms with Crippen LogP contribution in [0.15, 0.2) is 48.8 Å². The molecule has 0 bridgehead atoms. The quantitative estimate of drug-likeness (QED) is 0.816. The van der Waals surface area contributed by atoms with Gasteiger partial charge in [0.2, 0.25) is 5.91 Å². The van der Waals surface area contributed by atoms with Gasteiger partial charge in [0.05, 0.1) is 13.2 Å². The fourth-order valence-corrected chi connectivity index (χ4v) is 3.78. The van der Waals surface area contributed by atoms with E-state index in [0.29, 0.717) is 26.1 Å². The van der Waals surface area contributed by atoms with Crippen molar-refractivity contribution in [2.45, 2.75) is 32.8 Å². The Kier molecular flexibility index (Phi) is 6.64. The molecule has 1 fully saturated rings. The Hall–Kier alpha value is -2.73. The van der Waals surface area contributed by atoms with E-state index in [4.69, 9.17) is 4.74 Å². The van der Waals surface area contributed by atoms with E-state index < -0.39 is 5.60 Å². The molecule has 1 aromatic carbocycles. The molecule has 1 saturated heterocycles. The molecule has 6 heteroatoms. The number of hydrogen-bond acceptors (Lipinski definition) is 4. The third-order valence-electron chi connectivity index (χ3n) is 5.23. The van der Waals surface area contributed by atoms with Gasteiger partial charge in [0.1, 0.15) is 0 Å². The lowest BCUT2D eigenvalue weighted by Gasteiger charge is -2.42. The Morgan fingerprint density at radius 2 is 1.93 bits per heavy atom. The maximum atomic E-state index is 13.1. The monoisotopic (exact) mass is 395 g/mol. The first-order chi connectivity index (χ1) is 14.0. The first kappa shape index (κ1) is 21.0. The standard InChI is InChI=1S/C23H29N3O3/c1-4-25-22(28)23(16-26(13-14-29-23)21(27)17(2)3)15-19-7-5-6-8-20(19)18-9-11-24-12-10-18/h5-12,17H,4,13-16H2,1-3H3,(H,25,28). The molecule has 1 aliphatic rings. The van der Waals surface area contributed by atoms with Crippen LogP contribution in [0.25, 0.3) is 11.1 Å². The van der Waals surface area contributed by atoms with Crippen molar-refractivity contribution >= 4 is 11.8 Å². The van der Waals surface area contributed by atoms with Gasteiger partial charge in [0, 0.05) is 37.8 Å². The molecule has 1 atom stereocenters. The van der Waals surface area contributed by atoms with Gasteiger partial charge in [-0.15, -0.1) is 0 Å². The molecule has 1 aromatic heterocycles. The van der Waals surface area contributed by atoms with Crippen LogP contribution in [0.5, 0.6) is 0 Å². The summed E-state index contributed by atoms with van der Waals surface area (Å²) in [5.74, 6) is -0.251. The molecule has 1 unspecified atom stereocenters. The summed E-state index contributed by atoms with van der Waals surface area (Å²) in [5.41, 5.74) is 1.97. The van der Waals surface area contributed by atoms with Crippen molar-refractivity contribution in [3.63, 3.8) is 0 Å². The van der Waals surface area contributed by atoms with Crippen molar-refractivity contribution < 1.29 is 14.3 Å². The summed E-state index contributed by atoms with van der Waals surface area (Å²) in [6.45, 7) is 7.25. The van der Waals surface area contributed by atoms with Gasteiger partial charge in [-0.25, -0.2) is 0 Å². The maximum Gasteiger partial charge on any atom is 0.254 e. The summed E-state index contributed by atoms with van der Waals surface area (Å²) in [7, 11) is 0. The largest absolute Gasteiger partial charge is 0.361 e. The van der Waals surface area contributed by atoms with Crippen LogP contribution in [0.4, 0.5) is 0 Å². The highest BCUT2D eigenvalue weighted by atomic mass is 16.5. The van der Waals surface area contributed by atoms with Gasteiger partial charge in [0.15, 0.2) is 5.60 Å². The second-order valence-electron chi connectivity index (χ2n) is 7.69. The number of pyridine rings is 1. The summed E-state index contributed by atoms with van der Waals surface area (Å²) in [4.78, 5) is 31.6. The predicted molar refractivity (Wildman–Crippen MR) is 112 cm³/mol. The number of morpholine rings is 1. The average molecular weight is 396 g/mol. The van der Waals surface area contributed by atoms with Crippen LogP contribution in [-0.2, 0) is 20.7 Å². The number of hydrogen-bond donors (Lipinski definition) is 1. The van der Waals surface area contributed by atoms with Gasteiger partial charge in [0.25, 0.3) is 5.91 Å². The molecular weight excluding hydrogens is 366 g/mol. The van der Waals surface area contributed by atoms with Crippen LogP contribution in [0, 0.1) is 5.92 Å². The van der Waals surface area contributed by atoms with E-state index in [0.717, 1.165) is 16.7 Å². The first-order valence-electron chi connectivity index (χ1n) is 10.2. The number of nitrogens with one attached hydrogen (secondary N) is 1. The van der Waals surface area contributed by atoms with Crippen molar-refractivity contribution in [3.8, 4) is 11.1 Å². The summed E-state index contributed by atoms with van der Waals surface area (Å²) in [6.07, 6.45) is 3.90. The van der Waals surface area contributed by atoms with E-state index in [9.17, 15) is 9.59 Å². The third-order valence-corrected chi connectivity index (χ3v) is 5.23. The molecule has 0 aliphatic carbocycles. The number of aromatic nitrogens is 1. The van der Waals surface area contributed by atoms with E-state index in [1.165, 1.54) is 0 Å². The third kappa shape index (κ3) is 4.65. The number of carbonyl (C=O) groups excluding carboxylic acids is 2. The summed E-state index contributed by atoms with van der Waals surface area (Å²) in [5, 5.41) is 2.91. The number of amides is 2. The number of nitrogens with zero attached hydrogens (tertiary/aromatic N) is 2. The molecule has 3 rings (SSSR count). The molecule has 29 heavy (non-hydrogen) atoms. The SMILES string of the molecule is CCNC(=O)C1(Cc2ccccc2-c2ccncc2)CN(C(=O)C(C)C)CCO1. The molecule has 154 valence electrons. The van der Waals surface area contributed by atoms with Crippen molar-refractivity contribution in [1.82, 2.24) is 15.2 Å². The Bertz CT molecular complexity index is 853. The number of benzene rings is 1. The second-order valence-corrected chi connectivity index (χ2v) is 7.69. The minimum atomic E-state index is -1.11. The fraction of sp³-hybridized carbons (Fsp3) is 0.435. The van der Waals surface area contributed by atoms with Gasteiger partial charge < -0.3 is 15.0 Å². The van der Waals surface area contributed by atoms with Crippen molar-refractivity contribution in [2.75, 3.05) is 26.2 Å². The van der Waals surface area contributed by atoms with Crippen LogP contribution < -0.4 is 5.32 Å². The Morgan fingerprint density at radius 3 is 2.62 bits per heavy atom. The lowest BCUT2D eigenvalue weighted by molar-refractivity contribution is -0.167. The molecule has 0 spiro atoms. The number of likely N-dealkylation sites (N-methyl/N-ethyl adjacent to an activating group) is 1. The smallest absolute Gasteiger partial charge is 0.254 e. The van der Waals surface area contributed by atoms with Gasteiger partial charge in [-0.2, -0.15) is 0 Å². The van der Waals surface area contributed by atoms with E-state index in [1.807, 2.05) is 57.2 Å². The maximum absolute atomic E-state index is 13.1. The highest BCUT2D eigenvalue weighted by Crippen LogP contribution is 2.30.